The first-order valence-electron chi connectivity index (χ1n) is 5.86. The molecule has 1 N–H and O–H groups in total. The van der Waals surface area contributed by atoms with E-state index in [0.29, 0.717) is 4.88 Å². The van der Waals surface area contributed by atoms with E-state index >= 15 is 0 Å². The second-order valence-corrected chi connectivity index (χ2v) is 5.50. The summed E-state index contributed by atoms with van der Waals surface area (Å²) in [6.45, 7) is 3.92. The van der Waals surface area contributed by atoms with Gasteiger partial charge in [0.15, 0.2) is 0 Å². The molecule has 0 saturated heterocycles. The number of carboxylic acids is 1. The van der Waals surface area contributed by atoms with Gasteiger partial charge in [-0.1, -0.05) is 12.1 Å². The highest BCUT2D eigenvalue weighted by Gasteiger charge is 2.16. The van der Waals surface area contributed by atoms with Crippen LogP contribution in [0.25, 0.3) is 15.9 Å². The highest BCUT2D eigenvalue weighted by molar-refractivity contribution is 7.20. The highest BCUT2D eigenvalue weighted by Crippen LogP contribution is 2.30. The lowest BCUT2D eigenvalue weighted by Gasteiger charge is -2.02. The van der Waals surface area contributed by atoms with E-state index in [1.807, 2.05) is 42.8 Å². The van der Waals surface area contributed by atoms with Crippen LogP contribution < -0.4 is 0 Å². The summed E-state index contributed by atoms with van der Waals surface area (Å²) in [6.07, 6.45) is 0. The van der Waals surface area contributed by atoms with E-state index < -0.39 is 5.97 Å². The van der Waals surface area contributed by atoms with Gasteiger partial charge in [0.2, 0.25) is 0 Å². The van der Waals surface area contributed by atoms with Gasteiger partial charge in [-0.2, -0.15) is 5.10 Å². The minimum atomic E-state index is -0.892. The zero-order valence-corrected chi connectivity index (χ0v) is 11.4. The number of hydrogen-bond acceptors (Lipinski definition) is 3. The fourth-order valence-electron chi connectivity index (χ4n) is 2.09. The molecule has 0 fully saturated rings. The van der Waals surface area contributed by atoms with Crippen LogP contribution in [0.15, 0.2) is 30.3 Å². The largest absolute Gasteiger partial charge is 0.477 e. The Bertz CT molecular complexity index is 786. The summed E-state index contributed by atoms with van der Waals surface area (Å²) >= 11 is 1.25. The van der Waals surface area contributed by atoms with Crippen LogP contribution in [0, 0.1) is 13.8 Å². The molecule has 19 heavy (non-hydrogen) atoms. The molecule has 5 heteroatoms. The predicted octanol–water partition coefficient (Wildman–Crippen LogP) is 3.40. The lowest BCUT2D eigenvalue weighted by molar-refractivity contribution is 0.0702. The number of aromatic nitrogens is 2. The van der Waals surface area contributed by atoms with Crippen molar-refractivity contribution in [2.45, 2.75) is 13.8 Å². The monoisotopic (exact) mass is 272 g/mol. The molecule has 2 aromatic heterocycles. The first-order chi connectivity index (χ1) is 9.06. The third kappa shape index (κ3) is 1.92. The summed E-state index contributed by atoms with van der Waals surface area (Å²) in [5, 5.41) is 14.5. The number of hydrogen-bond donors (Lipinski definition) is 1. The molecular formula is C14H12N2O2S. The number of benzene rings is 1. The molecular weight excluding hydrogens is 260 g/mol. The molecule has 2 heterocycles. The molecule has 0 aliphatic heterocycles. The van der Waals surface area contributed by atoms with Crippen molar-refractivity contribution >= 4 is 27.5 Å². The van der Waals surface area contributed by atoms with E-state index in [1.54, 1.807) is 6.07 Å². The molecule has 96 valence electrons. The van der Waals surface area contributed by atoms with E-state index in [-0.39, 0.29) is 0 Å². The topological polar surface area (TPSA) is 55.1 Å². The van der Waals surface area contributed by atoms with Crippen LogP contribution in [0.3, 0.4) is 0 Å². The average molecular weight is 272 g/mol. The first kappa shape index (κ1) is 11.9. The Labute approximate surface area is 113 Å². The zero-order valence-electron chi connectivity index (χ0n) is 10.5. The number of aryl methyl sites for hydroxylation is 2. The van der Waals surface area contributed by atoms with Crippen LogP contribution in [0.4, 0.5) is 0 Å². The molecule has 4 nitrogen and oxygen atoms in total. The number of aromatic carboxylic acids is 1. The van der Waals surface area contributed by atoms with Gasteiger partial charge in [-0.3, -0.25) is 0 Å². The smallest absolute Gasteiger partial charge is 0.345 e. The van der Waals surface area contributed by atoms with Crippen LogP contribution in [-0.4, -0.2) is 20.9 Å². The molecule has 0 atom stereocenters. The maximum absolute atomic E-state index is 11.1. The molecule has 1 aromatic carbocycles. The summed E-state index contributed by atoms with van der Waals surface area (Å²) in [5.41, 5.74) is 2.95. The summed E-state index contributed by atoms with van der Waals surface area (Å²) in [5.74, 6) is -0.892. The predicted molar refractivity (Wildman–Crippen MR) is 75.4 cm³/mol. The Morgan fingerprint density at radius 3 is 2.79 bits per heavy atom. The van der Waals surface area contributed by atoms with Gasteiger partial charge in [-0.25, -0.2) is 9.48 Å². The van der Waals surface area contributed by atoms with Gasteiger partial charge in [-0.05, 0) is 37.6 Å². The normalized spacial score (nSPS) is 11.1. The first-order valence-corrected chi connectivity index (χ1v) is 6.67. The molecule has 0 aliphatic rings. The van der Waals surface area contributed by atoms with E-state index in [2.05, 4.69) is 5.10 Å². The van der Waals surface area contributed by atoms with Crippen molar-refractivity contribution in [3.63, 3.8) is 0 Å². The van der Waals surface area contributed by atoms with Crippen molar-refractivity contribution in [1.82, 2.24) is 9.78 Å². The van der Waals surface area contributed by atoms with Crippen molar-refractivity contribution in [1.29, 1.82) is 0 Å². The molecule has 0 spiro atoms. The van der Waals surface area contributed by atoms with E-state index in [1.165, 1.54) is 11.3 Å². The van der Waals surface area contributed by atoms with E-state index in [4.69, 9.17) is 5.11 Å². The van der Waals surface area contributed by atoms with Gasteiger partial charge in [0.1, 0.15) is 9.71 Å². The fraction of sp³-hybridized carbons (Fsp3) is 0.143. The Hall–Kier alpha value is -2.14. The third-order valence-corrected chi connectivity index (χ3v) is 4.10. The lowest BCUT2D eigenvalue weighted by atomic mass is 10.2. The maximum atomic E-state index is 11.1. The summed E-state index contributed by atoms with van der Waals surface area (Å²) in [6, 6.07) is 9.69. The third-order valence-electron chi connectivity index (χ3n) is 3.00. The minimum absolute atomic E-state index is 0.344. The molecule has 0 bridgehead atoms. The molecule has 3 aromatic rings. The highest BCUT2D eigenvalue weighted by atomic mass is 32.1. The summed E-state index contributed by atoms with van der Waals surface area (Å²) < 4.78 is 1.81. The molecule has 0 radical (unpaired) electrons. The van der Waals surface area contributed by atoms with E-state index in [9.17, 15) is 4.79 Å². The van der Waals surface area contributed by atoms with Gasteiger partial charge in [0, 0.05) is 5.39 Å². The number of nitrogens with zero attached hydrogens (tertiary/aromatic N) is 2. The number of fused-ring (bicyclic) bond motifs is 1. The second-order valence-electron chi connectivity index (χ2n) is 4.47. The number of thiophene rings is 1. The van der Waals surface area contributed by atoms with Crippen LogP contribution >= 0.6 is 11.3 Å². The Balaban J connectivity index is 2.26. The molecule has 0 amide bonds. The molecule has 0 unspecified atom stereocenters. The number of carboxylic acid groups (broad SMARTS) is 1. The summed E-state index contributed by atoms with van der Waals surface area (Å²) in [4.78, 5) is 12.3. The average Bonchev–Trinajstić information content (AvgIpc) is 2.90. The quantitative estimate of drug-likeness (QED) is 0.778. The van der Waals surface area contributed by atoms with Crippen LogP contribution in [0.5, 0.6) is 0 Å². The van der Waals surface area contributed by atoms with E-state index in [0.717, 1.165) is 27.2 Å². The standard InChI is InChI=1S/C14H12N2O2S/c1-8-4-3-5-10(6-8)16-13-11(9(2)15-16)7-12(19-13)14(17)18/h3-7H,1-2H3,(H,17,18). The Morgan fingerprint density at radius 1 is 1.32 bits per heavy atom. The second kappa shape index (κ2) is 4.20. The number of rotatable bonds is 2. The van der Waals surface area contributed by atoms with Gasteiger partial charge in [-0.15, -0.1) is 11.3 Å². The van der Waals surface area contributed by atoms with Gasteiger partial charge >= 0.3 is 5.97 Å². The SMILES string of the molecule is Cc1cccc(-n2nc(C)c3cc(C(=O)O)sc32)c1. The molecule has 0 aliphatic carbocycles. The van der Waals surface area contributed by atoms with Crippen LogP contribution in [-0.2, 0) is 0 Å². The minimum Gasteiger partial charge on any atom is -0.477 e. The van der Waals surface area contributed by atoms with Gasteiger partial charge < -0.3 is 5.11 Å². The summed E-state index contributed by atoms with van der Waals surface area (Å²) in [7, 11) is 0. The van der Waals surface area contributed by atoms with Crippen molar-refractivity contribution < 1.29 is 9.90 Å². The maximum Gasteiger partial charge on any atom is 0.345 e. The van der Waals surface area contributed by atoms with Gasteiger partial charge in [0.25, 0.3) is 0 Å². The zero-order chi connectivity index (χ0) is 13.6. The van der Waals surface area contributed by atoms with Crippen molar-refractivity contribution in [2.75, 3.05) is 0 Å². The lowest BCUT2D eigenvalue weighted by Crippen LogP contribution is -1.96. The van der Waals surface area contributed by atoms with Crippen molar-refractivity contribution in [3.05, 3.63) is 46.5 Å². The molecule has 0 saturated carbocycles. The fourth-order valence-corrected chi connectivity index (χ4v) is 3.11. The van der Waals surface area contributed by atoms with Crippen LogP contribution in [0.1, 0.15) is 20.9 Å². The number of carbonyl (C=O) groups is 1. The van der Waals surface area contributed by atoms with Gasteiger partial charge in [0.05, 0.1) is 11.4 Å². The molecule has 3 rings (SSSR count). The van der Waals surface area contributed by atoms with Crippen molar-refractivity contribution in [2.24, 2.45) is 0 Å². The van der Waals surface area contributed by atoms with Crippen molar-refractivity contribution in [3.8, 4) is 5.69 Å². The van der Waals surface area contributed by atoms with Crippen LogP contribution in [0.2, 0.25) is 0 Å². The Kier molecular flexibility index (Phi) is 2.64. The Morgan fingerprint density at radius 2 is 2.11 bits per heavy atom.